The van der Waals surface area contributed by atoms with Gasteiger partial charge < -0.3 is 9.84 Å². The van der Waals surface area contributed by atoms with E-state index in [-0.39, 0.29) is 22.1 Å². The Bertz CT molecular complexity index is 941. The van der Waals surface area contributed by atoms with Gasteiger partial charge in [-0.05, 0) is 60.2 Å². The molecule has 0 aromatic heterocycles. The van der Waals surface area contributed by atoms with Crippen molar-refractivity contribution in [1.29, 1.82) is 0 Å². The molecule has 1 spiro atoms. The van der Waals surface area contributed by atoms with Crippen molar-refractivity contribution in [1.82, 2.24) is 0 Å². The second-order valence-electron chi connectivity index (χ2n) is 7.21. The van der Waals surface area contributed by atoms with Gasteiger partial charge in [-0.1, -0.05) is 24.6 Å². The monoisotopic (exact) mass is 396 g/mol. The molecule has 0 aliphatic heterocycles. The summed E-state index contributed by atoms with van der Waals surface area (Å²) in [5.41, 5.74) is 0.841. The topological polar surface area (TPSA) is 46.5 Å². The lowest BCUT2D eigenvalue weighted by Crippen LogP contribution is -2.11. The van der Waals surface area contributed by atoms with Crippen molar-refractivity contribution in [3.05, 3.63) is 58.1 Å². The van der Waals surface area contributed by atoms with Crippen LogP contribution in [0.3, 0.4) is 0 Å². The van der Waals surface area contributed by atoms with Gasteiger partial charge in [0.05, 0.1) is 16.5 Å². The molecule has 1 N–H and O–H groups in total. The molecular formula is C20H16ClF3O3. The van der Waals surface area contributed by atoms with Crippen LogP contribution in [0.5, 0.6) is 11.5 Å². The molecule has 0 bridgehead atoms. The van der Waals surface area contributed by atoms with Crippen LogP contribution in [0.1, 0.15) is 30.0 Å². The maximum atomic E-state index is 12.8. The molecule has 3 atom stereocenters. The van der Waals surface area contributed by atoms with Gasteiger partial charge in [0, 0.05) is 5.41 Å². The maximum absolute atomic E-state index is 12.8. The van der Waals surface area contributed by atoms with E-state index in [2.05, 4.69) is 0 Å². The average Bonchev–Trinajstić information content (AvgIpc) is 3.01. The summed E-state index contributed by atoms with van der Waals surface area (Å²) in [4.78, 5) is 11.5. The van der Waals surface area contributed by atoms with Crippen molar-refractivity contribution in [2.24, 2.45) is 11.8 Å². The molecule has 2 aliphatic carbocycles. The predicted octanol–water partition coefficient (Wildman–Crippen LogP) is 5.69. The lowest BCUT2D eigenvalue weighted by Gasteiger charge is -2.14. The van der Waals surface area contributed by atoms with Crippen LogP contribution < -0.4 is 4.74 Å². The fourth-order valence-electron chi connectivity index (χ4n) is 4.49. The molecule has 2 aliphatic rings. The Morgan fingerprint density at radius 2 is 2.00 bits per heavy atom. The van der Waals surface area contributed by atoms with Gasteiger partial charge in [0.1, 0.15) is 11.5 Å². The highest BCUT2D eigenvalue weighted by atomic mass is 35.5. The standard InChI is InChI=1S/C20H16ClF3O3/c1-10-17(18(25)26)19(10)7-6-11-2-4-13(9-14(11)19)27-16-5-3-12(8-15(16)21)20(22,23)24/h2-5,8-10,17H,6-7H2,1H3,(H,25,26). The van der Waals surface area contributed by atoms with E-state index in [1.807, 2.05) is 13.0 Å². The van der Waals surface area contributed by atoms with Gasteiger partial charge in [-0.25, -0.2) is 0 Å². The number of carboxylic acid groups (broad SMARTS) is 1. The van der Waals surface area contributed by atoms with Crippen LogP contribution in [0.4, 0.5) is 13.2 Å². The third-order valence-corrected chi connectivity index (χ3v) is 6.20. The second kappa shape index (κ2) is 5.89. The van der Waals surface area contributed by atoms with E-state index in [0.29, 0.717) is 5.75 Å². The highest BCUT2D eigenvalue weighted by molar-refractivity contribution is 6.32. The number of alkyl halides is 3. The lowest BCUT2D eigenvalue weighted by molar-refractivity contribution is -0.139. The summed E-state index contributed by atoms with van der Waals surface area (Å²) in [6, 6.07) is 8.36. The minimum atomic E-state index is -4.48. The van der Waals surface area contributed by atoms with Crippen molar-refractivity contribution >= 4 is 17.6 Å². The van der Waals surface area contributed by atoms with Gasteiger partial charge in [0.25, 0.3) is 0 Å². The molecule has 4 rings (SSSR count). The molecule has 0 radical (unpaired) electrons. The van der Waals surface area contributed by atoms with Crippen LogP contribution in [-0.2, 0) is 22.8 Å². The average molecular weight is 397 g/mol. The maximum Gasteiger partial charge on any atom is 0.416 e. The molecule has 3 unspecified atom stereocenters. The number of benzene rings is 2. The lowest BCUT2D eigenvalue weighted by atomic mass is 9.93. The van der Waals surface area contributed by atoms with Gasteiger partial charge in [0.2, 0.25) is 0 Å². The number of carbonyl (C=O) groups is 1. The van der Waals surface area contributed by atoms with Crippen LogP contribution in [0.25, 0.3) is 0 Å². The van der Waals surface area contributed by atoms with E-state index in [1.54, 1.807) is 12.1 Å². The molecule has 2 aromatic rings. The van der Waals surface area contributed by atoms with E-state index < -0.39 is 23.6 Å². The van der Waals surface area contributed by atoms with E-state index in [1.165, 1.54) is 6.07 Å². The molecular weight excluding hydrogens is 381 g/mol. The van der Waals surface area contributed by atoms with Crippen molar-refractivity contribution in [2.45, 2.75) is 31.4 Å². The number of ether oxygens (including phenoxy) is 1. The number of hydrogen-bond acceptors (Lipinski definition) is 2. The Hall–Kier alpha value is -2.21. The minimum Gasteiger partial charge on any atom is -0.481 e. The smallest absolute Gasteiger partial charge is 0.416 e. The van der Waals surface area contributed by atoms with E-state index in [4.69, 9.17) is 16.3 Å². The van der Waals surface area contributed by atoms with Gasteiger partial charge in [-0.15, -0.1) is 0 Å². The minimum absolute atomic E-state index is 0.0427. The summed E-state index contributed by atoms with van der Waals surface area (Å²) in [5.74, 6) is -0.618. The van der Waals surface area contributed by atoms with Gasteiger partial charge in [-0.3, -0.25) is 4.79 Å². The first-order valence-corrected chi connectivity index (χ1v) is 8.93. The summed E-state index contributed by atoms with van der Waals surface area (Å²) < 4.78 is 44.0. The first kappa shape index (κ1) is 18.2. The van der Waals surface area contributed by atoms with Gasteiger partial charge in [-0.2, -0.15) is 13.2 Å². The summed E-state index contributed by atoms with van der Waals surface area (Å²) in [6.07, 6.45) is -2.88. The van der Waals surface area contributed by atoms with Crippen LogP contribution in [0, 0.1) is 11.8 Å². The number of carboxylic acids is 1. The van der Waals surface area contributed by atoms with E-state index >= 15 is 0 Å². The fraction of sp³-hybridized carbons (Fsp3) is 0.350. The Morgan fingerprint density at radius 1 is 1.26 bits per heavy atom. The summed E-state index contributed by atoms with van der Waals surface area (Å²) in [7, 11) is 0. The molecule has 27 heavy (non-hydrogen) atoms. The zero-order valence-electron chi connectivity index (χ0n) is 14.3. The number of aliphatic carboxylic acids is 1. The van der Waals surface area contributed by atoms with E-state index in [0.717, 1.165) is 36.1 Å². The molecule has 0 heterocycles. The van der Waals surface area contributed by atoms with Crippen molar-refractivity contribution in [3.8, 4) is 11.5 Å². The number of hydrogen-bond donors (Lipinski definition) is 1. The second-order valence-corrected chi connectivity index (χ2v) is 7.62. The Balaban J connectivity index is 1.64. The molecule has 0 amide bonds. The molecule has 1 saturated carbocycles. The highest BCUT2D eigenvalue weighted by Crippen LogP contribution is 2.66. The van der Waals surface area contributed by atoms with Crippen molar-refractivity contribution in [2.75, 3.05) is 0 Å². The molecule has 3 nitrogen and oxygen atoms in total. The van der Waals surface area contributed by atoms with Crippen LogP contribution in [-0.4, -0.2) is 11.1 Å². The molecule has 142 valence electrons. The van der Waals surface area contributed by atoms with E-state index in [9.17, 15) is 23.1 Å². The van der Waals surface area contributed by atoms with Crippen molar-refractivity contribution < 1.29 is 27.8 Å². The zero-order valence-corrected chi connectivity index (χ0v) is 15.1. The molecule has 1 fully saturated rings. The van der Waals surface area contributed by atoms with Crippen LogP contribution >= 0.6 is 11.6 Å². The van der Waals surface area contributed by atoms with Crippen LogP contribution in [0.2, 0.25) is 5.02 Å². The summed E-state index contributed by atoms with van der Waals surface area (Å²) in [6.45, 7) is 1.94. The normalized spacial score (nSPS) is 26.1. The Kier molecular flexibility index (Phi) is 3.97. The predicted molar refractivity (Wildman–Crippen MR) is 93.3 cm³/mol. The first-order valence-electron chi connectivity index (χ1n) is 8.55. The molecule has 2 aromatic carbocycles. The summed E-state index contributed by atoms with van der Waals surface area (Å²) in [5, 5.41) is 9.33. The van der Waals surface area contributed by atoms with Crippen molar-refractivity contribution in [3.63, 3.8) is 0 Å². The number of halogens is 4. The highest BCUT2D eigenvalue weighted by Gasteiger charge is 2.68. The molecule has 0 saturated heterocycles. The Morgan fingerprint density at radius 3 is 2.59 bits per heavy atom. The van der Waals surface area contributed by atoms with Gasteiger partial charge in [0.15, 0.2) is 0 Å². The van der Waals surface area contributed by atoms with Gasteiger partial charge >= 0.3 is 12.1 Å². The number of fused-ring (bicyclic) bond motifs is 2. The fourth-order valence-corrected chi connectivity index (χ4v) is 4.71. The third kappa shape index (κ3) is 2.78. The summed E-state index contributed by atoms with van der Waals surface area (Å²) >= 11 is 5.96. The first-order chi connectivity index (χ1) is 12.6. The van der Waals surface area contributed by atoms with Crippen LogP contribution in [0.15, 0.2) is 36.4 Å². The number of aryl methyl sites for hydroxylation is 1. The number of rotatable bonds is 3. The third-order valence-electron chi connectivity index (χ3n) is 5.90. The SMILES string of the molecule is CC1C(C(=O)O)C12CCc1ccc(Oc3ccc(C(F)(F)F)cc3Cl)cc12. The largest absolute Gasteiger partial charge is 0.481 e. The zero-order chi connectivity index (χ0) is 19.6. The molecule has 7 heteroatoms. The Labute approximate surface area is 158 Å². The quantitative estimate of drug-likeness (QED) is 0.725.